The molecule has 0 aromatic rings. The fourth-order valence-corrected chi connectivity index (χ4v) is 8.80. The Morgan fingerprint density at radius 2 is 1.70 bits per heavy atom. The lowest BCUT2D eigenvalue weighted by atomic mass is 9.45. The van der Waals surface area contributed by atoms with Crippen LogP contribution in [0.15, 0.2) is 0 Å². The zero-order valence-electron chi connectivity index (χ0n) is 18.3. The monoisotopic (exact) mass is 376 g/mol. The number of hydrogen-bond donors (Lipinski definition) is 1. The van der Waals surface area contributed by atoms with Gasteiger partial charge in [-0.3, -0.25) is 0 Å². The molecule has 27 heavy (non-hydrogen) atoms. The molecule has 1 N–H and O–H groups in total. The topological polar surface area (TPSA) is 32.8 Å². The van der Waals surface area contributed by atoms with Crippen LogP contribution in [0, 0.1) is 34.5 Å². The van der Waals surface area contributed by atoms with E-state index < -0.39 is 0 Å². The highest BCUT2D eigenvalue weighted by Gasteiger charge is 2.66. The number of nitrogens with zero attached hydrogens (tertiary/aromatic N) is 1. The third kappa shape index (κ3) is 2.43. The fraction of sp³-hybridized carbons (Fsp3) is 1.00. The number of ether oxygens (including phenoxy) is 1. The lowest BCUT2D eigenvalue weighted by molar-refractivity contribution is -0.933. The maximum atomic E-state index is 11.5. The second-order valence-electron chi connectivity index (χ2n) is 11.7. The van der Waals surface area contributed by atoms with E-state index in [1.165, 1.54) is 44.9 Å². The van der Waals surface area contributed by atoms with Crippen molar-refractivity contribution in [2.45, 2.75) is 97.0 Å². The first-order chi connectivity index (χ1) is 12.8. The summed E-state index contributed by atoms with van der Waals surface area (Å²) in [7, 11) is 2.38. The smallest absolute Gasteiger partial charge is 0.116 e. The van der Waals surface area contributed by atoms with E-state index in [0.29, 0.717) is 23.7 Å². The van der Waals surface area contributed by atoms with Crippen LogP contribution >= 0.6 is 0 Å². The SMILES string of the molecule is CC[N+](C)(CC)[C@H]1C[C@H]2[C@@H]3CC[C@H]4C[C@@H]5O[C@@H]5C[C@]4(C)[C@H]3CC[C@]2(C)[C@@H]1O. The maximum Gasteiger partial charge on any atom is 0.116 e. The van der Waals surface area contributed by atoms with E-state index in [-0.39, 0.29) is 11.5 Å². The lowest BCUT2D eigenvalue weighted by Gasteiger charge is -2.59. The molecule has 3 heteroatoms. The maximum absolute atomic E-state index is 11.5. The van der Waals surface area contributed by atoms with Gasteiger partial charge in [0.1, 0.15) is 12.1 Å². The molecule has 1 aliphatic heterocycles. The van der Waals surface area contributed by atoms with Crippen LogP contribution in [0.25, 0.3) is 0 Å². The summed E-state index contributed by atoms with van der Waals surface area (Å²) in [5, 5.41) is 11.5. The average Bonchev–Trinajstić information content (AvgIpc) is 3.34. The minimum Gasteiger partial charge on any atom is -0.386 e. The van der Waals surface area contributed by atoms with Gasteiger partial charge in [0.25, 0.3) is 0 Å². The van der Waals surface area contributed by atoms with E-state index in [1.807, 2.05) is 0 Å². The molecule has 0 radical (unpaired) electrons. The highest BCUT2D eigenvalue weighted by molar-refractivity contribution is 5.14. The number of aliphatic hydroxyl groups is 1. The van der Waals surface area contributed by atoms with Crippen LogP contribution in [-0.2, 0) is 4.74 Å². The van der Waals surface area contributed by atoms with Crippen molar-refractivity contribution in [3.63, 3.8) is 0 Å². The number of aliphatic hydroxyl groups excluding tert-OH is 1. The van der Waals surface area contributed by atoms with Crippen molar-refractivity contribution in [2.24, 2.45) is 34.5 Å². The summed E-state index contributed by atoms with van der Waals surface area (Å²) in [5.41, 5.74) is 0.644. The van der Waals surface area contributed by atoms with E-state index in [0.717, 1.165) is 41.2 Å². The molecule has 1 heterocycles. The average molecular weight is 377 g/mol. The molecular weight excluding hydrogens is 334 g/mol. The molecule has 0 amide bonds. The molecule has 0 unspecified atom stereocenters. The van der Waals surface area contributed by atoms with Crippen LogP contribution in [0.3, 0.4) is 0 Å². The number of quaternary nitrogens is 1. The Balaban J connectivity index is 1.44. The predicted molar refractivity (Wildman–Crippen MR) is 108 cm³/mol. The van der Waals surface area contributed by atoms with Gasteiger partial charge in [-0.1, -0.05) is 13.8 Å². The molecule has 0 bridgehead atoms. The molecule has 1 saturated heterocycles. The Labute approximate surface area is 166 Å². The van der Waals surface area contributed by atoms with E-state index in [4.69, 9.17) is 4.74 Å². The fourth-order valence-electron chi connectivity index (χ4n) is 8.80. The summed E-state index contributed by atoms with van der Waals surface area (Å²) < 4.78 is 7.03. The van der Waals surface area contributed by atoms with Crippen molar-refractivity contribution in [3.8, 4) is 0 Å². The highest BCUT2D eigenvalue weighted by atomic mass is 16.6. The molecule has 154 valence electrons. The van der Waals surface area contributed by atoms with E-state index >= 15 is 0 Å². The van der Waals surface area contributed by atoms with Crippen molar-refractivity contribution in [1.82, 2.24) is 0 Å². The van der Waals surface area contributed by atoms with E-state index in [9.17, 15) is 5.11 Å². The Morgan fingerprint density at radius 1 is 0.963 bits per heavy atom. The number of hydrogen-bond acceptors (Lipinski definition) is 2. The van der Waals surface area contributed by atoms with Crippen molar-refractivity contribution in [1.29, 1.82) is 0 Å². The molecule has 5 fully saturated rings. The Kier molecular flexibility index (Phi) is 4.16. The minimum absolute atomic E-state index is 0.124. The third-order valence-electron chi connectivity index (χ3n) is 11.1. The van der Waals surface area contributed by atoms with Crippen LogP contribution in [-0.4, -0.2) is 54.1 Å². The largest absolute Gasteiger partial charge is 0.386 e. The van der Waals surface area contributed by atoms with Gasteiger partial charge in [-0.2, -0.15) is 0 Å². The summed E-state index contributed by atoms with van der Waals surface area (Å²) in [6, 6.07) is 0.432. The van der Waals surface area contributed by atoms with Gasteiger partial charge in [-0.25, -0.2) is 0 Å². The Hall–Kier alpha value is -0.120. The number of likely N-dealkylation sites (N-methyl/N-ethyl adjacent to an activating group) is 1. The second-order valence-corrected chi connectivity index (χ2v) is 11.7. The van der Waals surface area contributed by atoms with Crippen LogP contribution < -0.4 is 0 Å². The Bertz CT molecular complexity index is 603. The van der Waals surface area contributed by atoms with Gasteiger partial charge in [0.05, 0.1) is 32.3 Å². The first-order valence-electron chi connectivity index (χ1n) is 11.9. The summed E-state index contributed by atoms with van der Waals surface area (Å²) in [6.45, 7) is 12.0. The lowest BCUT2D eigenvalue weighted by Crippen LogP contribution is -2.57. The zero-order valence-corrected chi connectivity index (χ0v) is 18.3. The van der Waals surface area contributed by atoms with Gasteiger partial charge < -0.3 is 14.3 Å². The van der Waals surface area contributed by atoms with Crippen molar-refractivity contribution >= 4 is 0 Å². The van der Waals surface area contributed by atoms with E-state index in [2.05, 4.69) is 34.7 Å². The summed E-state index contributed by atoms with van der Waals surface area (Å²) in [4.78, 5) is 0. The van der Waals surface area contributed by atoms with Gasteiger partial charge in [0, 0.05) is 11.8 Å². The van der Waals surface area contributed by atoms with Gasteiger partial charge in [0.15, 0.2) is 0 Å². The first kappa shape index (κ1) is 18.9. The van der Waals surface area contributed by atoms with Crippen LogP contribution in [0.5, 0.6) is 0 Å². The van der Waals surface area contributed by atoms with Gasteiger partial charge in [-0.15, -0.1) is 0 Å². The van der Waals surface area contributed by atoms with Gasteiger partial charge in [-0.05, 0) is 81.5 Å². The van der Waals surface area contributed by atoms with Gasteiger partial charge in [0.2, 0.25) is 0 Å². The van der Waals surface area contributed by atoms with Gasteiger partial charge >= 0.3 is 0 Å². The normalized spacial score (nSPS) is 56.7. The van der Waals surface area contributed by atoms with Crippen molar-refractivity contribution in [2.75, 3.05) is 20.1 Å². The molecule has 3 nitrogen and oxygen atoms in total. The van der Waals surface area contributed by atoms with Crippen LogP contribution in [0.2, 0.25) is 0 Å². The van der Waals surface area contributed by atoms with Crippen LogP contribution in [0.4, 0.5) is 0 Å². The Morgan fingerprint density at radius 3 is 2.41 bits per heavy atom. The van der Waals surface area contributed by atoms with Crippen LogP contribution in [0.1, 0.15) is 72.6 Å². The summed E-state index contributed by atoms with van der Waals surface area (Å²) in [6.07, 6.45) is 10.4. The molecule has 5 aliphatic rings. The van der Waals surface area contributed by atoms with E-state index in [1.54, 1.807) is 0 Å². The quantitative estimate of drug-likeness (QED) is 0.590. The standard InChI is InChI=1S/C24H42NO2/c1-6-25(5,7-2)19-13-18-16-9-8-15-12-20-21(27-20)14-24(15,4)17(16)10-11-23(18,3)22(19)26/h15-22,26H,6-14H2,1-5H3/q+1/t15-,16+,17-,18-,19-,20-,21+,22+,23-,24-/m0/s1. The van der Waals surface area contributed by atoms with Crippen molar-refractivity contribution in [3.05, 3.63) is 0 Å². The molecule has 4 aliphatic carbocycles. The third-order valence-corrected chi connectivity index (χ3v) is 11.1. The number of epoxide rings is 1. The second kappa shape index (κ2) is 5.95. The molecule has 0 aromatic heterocycles. The summed E-state index contributed by atoms with van der Waals surface area (Å²) in [5.74, 6) is 3.32. The first-order valence-corrected chi connectivity index (χ1v) is 11.9. The number of rotatable bonds is 3. The molecule has 10 atom stereocenters. The predicted octanol–water partition coefficient (Wildman–Crippen LogP) is 4.23. The summed E-state index contributed by atoms with van der Waals surface area (Å²) >= 11 is 0. The molecular formula is C24H42NO2+. The highest BCUT2D eigenvalue weighted by Crippen LogP contribution is 2.68. The molecule has 0 aromatic carbocycles. The number of fused-ring (bicyclic) bond motifs is 6. The molecule has 5 rings (SSSR count). The van der Waals surface area contributed by atoms with Crippen molar-refractivity contribution < 1.29 is 14.3 Å². The zero-order chi connectivity index (χ0) is 19.2. The minimum atomic E-state index is -0.124. The molecule has 4 saturated carbocycles. The molecule has 0 spiro atoms.